The zero-order valence-corrected chi connectivity index (χ0v) is 13.3. The first-order valence-electron chi connectivity index (χ1n) is 7.14. The van der Waals surface area contributed by atoms with Crippen LogP contribution in [0.2, 0.25) is 0 Å². The number of carbonyl (C=O) groups is 1. The molecule has 5 nitrogen and oxygen atoms in total. The molecule has 1 N–H and O–H groups in total. The van der Waals surface area contributed by atoms with E-state index in [1.807, 2.05) is 24.3 Å². The number of hydrogen-bond donors (Lipinski definition) is 1. The Morgan fingerprint density at radius 2 is 1.90 bits per heavy atom. The van der Waals surface area contributed by atoms with E-state index in [2.05, 4.69) is 5.32 Å². The Hall–Kier alpha value is -1.56. The van der Waals surface area contributed by atoms with E-state index in [1.165, 1.54) is 0 Å². The Morgan fingerprint density at radius 3 is 2.52 bits per heavy atom. The number of benzene rings is 1. The molecule has 0 unspecified atom stereocenters. The molecule has 1 aromatic carbocycles. The molecule has 1 saturated heterocycles. The van der Waals surface area contributed by atoms with Crippen LogP contribution in [0.15, 0.2) is 24.3 Å². The Morgan fingerprint density at radius 1 is 1.29 bits per heavy atom. The summed E-state index contributed by atoms with van der Waals surface area (Å²) in [5.41, 5.74) is 2.03. The number of sulfone groups is 1. The van der Waals surface area contributed by atoms with E-state index in [4.69, 9.17) is 0 Å². The van der Waals surface area contributed by atoms with Gasteiger partial charge in [-0.1, -0.05) is 18.2 Å². The number of nitrogens with one attached hydrogen (secondary N) is 1. The average molecular weight is 310 g/mol. The van der Waals surface area contributed by atoms with Crippen LogP contribution in [0.1, 0.15) is 25.3 Å². The van der Waals surface area contributed by atoms with Gasteiger partial charge in [-0.3, -0.25) is 4.79 Å². The summed E-state index contributed by atoms with van der Waals surface area (Å²) in [5.74, 6) is 0.522. The Kier molecular flexibility index (Phi) is 4.88. The van der Waals surface area contributed by atoms with Crippen molar-refractivity contribution in [3.63, 3.8) is 0 Å². The number of para-hydroxylation sites is 1. The molecule has 1 aromatic rings. The van der Waals surface area contributed by atoms with E-state index in [9.17, 15) is 13.2 Å². The van der Waals surface area contributed by atoms with Gasteiger partial charge in [0.1, 0.15) is 9.84 Å². The van der Waals surface area contributed by atoms with Crippen LogP contribution in [0.5, 0.6) is 0 Å². The minimum Gasteiger partial charge on any atom is -0.382 e. The lowest BCUT2D eigenvalue weighted by atomic mass is 10.1. The van der Waals surface area contributed by atoms with Gasteiger partial charge in [-0.15, -0.1) is 0 Å². The highest BCUT2D eigenvalue weighted by Crippen LogP contribution is 2.22. The molecular formula is C15H22N2O3S. The predicted octanol–water partition coefficient (Wildman–Crippen LogP) is 1.65. The van der Waals surface area contributed by atoms with Crippen LogP contribution in [-0.2, 0) is 21.2 Å². The maximum Gasteiger partial charge on any atom is 0.219 e. The van der Waals surface area contributed by atoms with Crippen LogP contribution < -0.4 is 5.32 Å². The van der Waals surface area contributed by atoms with Gasteiger partial charge in [0.05, 0.1) is 11.5 Å². The van der Waals surface area contributed by atoms with Crippen LogP contribution in [-0.4, -0.2) is 43.8 Å². The van der Waals surface area contributed by atoms with Gasteiger partial charge in [-0.25, -0.2) is 8.42 Å². The molecule has 1 aliphatic rings. The number of carbonyl (C=O) groups excluding carboxylic acids is 1. The second kappa shape index (κ2) is 6.47. The summed E-state index contributed by atoms with van der Waals surface area (Å²) in [5, 5.41) is 3.43. The number of amides is 1. The van der Waals surface area contributed by atoms with Gasteiger partial charge >= 0.3 is 0 Å². The molecule has 1 aliphatic heterocycles. The van der Waals surface area contributed by atoms with E-state index in [-0.39, 0.29) is 23.5 Å². The zero-order valence-electron chi connectivity index (χ0n) is 12.5. The molecule has 0 atom stereocenters. The fraction of sp³-hybridized carbons (Fsp3) is 0.533. The smallest absolute Gasteiger partial charge is 0.219 e. The van der Waals surface area contributed by atoms with Crippen LogP contribution >= 0.6 is 0 Å². The van der Waals surface area contributed by atoms with Crippen molar-refractivity contribution in [1.82, 2.24) is 4.90 Å². The van der Waals surface area contributed by atoms with Crippen molar-refractivity contribution in [2.24, 2.45) is 0 Å². The van der Waals surface area contributed by atoms with E-state index in [0.717, 1.165) is 11.3 Å². The topological polar surface area (TPSA) is 66.5 Å². The molecule has 6 heteroatoms. The minimum atomic E-state index is -2.84. The van der Waals surface area contributed by atoms with Gasteiger partial charge in [-0.2, -0.15) is 0 Å². The summed E-state index contributed by atoms with van der Waals surface area (Å²) in [6.45, 7) is 2.09. The average Bonchev–Trinajstić information content (AvgIpc) is 2.43. The largest absolute Gasteiger partial charge is 0.382 e. The molecule has 1 fully saturated rings. The monoisotopic (exact) mass is 310 g/mol. The minimum absolute atomic E-state index is 0.0218. The van der Waals surface area contributed by atoms with Crippen LogP contribution in [0.25, 0.3) is 0 Å². The predicted molar refractivity (Wildman–Crippen MR) is 83.9 cm³/mol. The molecule has 0 saturated carbocycles. The molecule has 0 aliphatic carbocycles. The quantitative estimate of drug-likeness (QED) is 0.918. The molecule has 0 radical (unpaired) electrons. The van der Waals surface area contributed by atoms with E-state index < -0.39 is 9.84 Å². The van der Waals surface area contributed by atoms with Crippen LogP contribution in [0.4, 0.5) is 5.69 Å². The van der Waals surface area contributed by atoms with Crippen molar-refractivity contribution in [1.29, 1.82) is 0 Å². The molecule has 21 heavy (non-hydrogen) atoms. The summed E-state index contributed by atoms with van der Waals surface area (Å²) in [6, 6.07) is 8.03. The third-order valence-electron chi connectivity index (χ3n) is 3.88. The molecular weight excluding hydrogens is 288 g/mol. The third kappa shape index (κ3) is 4.46. The lowest BCUT2D eigenvalue weighted by Gasteiger charge is -2.26. The highest BCUT2D eigenvalue weighted by atomic mass is 32.2. The van der Waals surface area contributed by atoms with Gasteiger partial charge in [0.25, 0.3) is 0 Å². The maximum absolute atomic E-state index is 11.5. The van der Waals surface area contributed by atoms with Crippen LogP contribution in [0, 0.1) is 0 Å². The first-order chi connectivity index (χ1) is 9.87. The lowest BCUT2D eigenvalue weighted by Crippen LogP contribution is -2.32. The maximum atomic E-state index is 11.5. The second-order valence-electron chi connectivity index (χ2n) is 5.60. The molecule has 1 heterocycles. The van der Waals surface area contributed by atoms with Gasteiger partial charge in [-0.05, 0) is 24.5 Å². The fourth-order valence-corrected chi connectivity index (χ4v) is 3.91. The normalized spacial score (nSPS) is 18.2. The molecule has 0 spiro atoms. The highest BCUT2D eigenvalue weighted by Gasteiger charge is 2.23. The van der Waals surface area contributed by atoms with Gasteiger partial charge in [0.2, 0.25) is 5.91 Å². The number of hydrogen-bond acceptors (Lipinski definition) is 4. The van der Waals surface area contributed by atoms with Gasteiger partial charge in [0, 0.05) is 32.2 Å². The number of rotatable bonds is 4. The van der Waals surface area contributed by atoms with Crippen molar-refractivity contribution in [2.45, 2.75) is 32.4 Å². The summed E-state index contributed by atoms with van der Waals surface area (Å²) >= 11 is 0. The Labute approximate surface area is 126 Å². The lowest BCUT2D eigenvalue weighted by molar-refractivity contribution is -0.128. The SMILES string of the molecule is CC(=O)N(C)Cc1ccccc1NC1CCS(=O)(=O)CC1. The first-order valence-corrected chi connectivity index (χ1v) is 8.96. The molecule has 0 bridgehead atoms. The molecule has 1 amide bonds. The Bertz CT molecular complexity index is 599. The third-order valence-corrected chi connectivity index (χ3v) is 5.59. The molecule has 116 valence electrons. The van der Waals surface area contributed by atoms with Gasteiger partial charge < -0.3 is 10.2 Å². The summed E-state index contributed by atoms with van der Waals surface area (Å²) in [4.78, 5) is 13.0. The van der Waals surface area contributed by atoms with E-state index in [1.54, 1.807) is 18.9 Å². The van der Waals surface area contributed by atoms with Crippen molar-refractivity contribution in [3.8, 4) is 0 Å². The summed E-state index contributed by atoms with van der Waals surface area (Å²) in [6.07, 6.45) is 1.28. The standard InChI is InChI=1S/C15H22N2O3S/c1-12(18)17(2)11-13-5-3-4-6-15(13)16-14-7-9-21(19,20)10-8-14/h3-6,14,16H,7-11H2,1-2H3. The van der Waals surface area contributed by atoms with Crippen molar-refractivity contribution in [2.75, 3.05) is 23.9 Å². The molecule has 2 rings (SSSR count). The van der Waals surface area contributed by atoms with Crippen LogP contribution in [0.3, 0.4) is 0 Å². The van der Waals surface area contributed by atoms with E-state index >= 15 is 0 Å². The number of anilines is 1. The van der Waals surface area contributed by atoms with Gasteiger partial charge in [0.15, 0.2) is 0 Å². The summed E-state index contributed by atoms with van der Waals surface area (Å²) in [7, 11) is -1.07. The number of nitrogens with zero attached hydrogens (tertiary/aromatic N) is 1. The fourth-order valence-electron chi connectivity index (χ4n) is 2.42. The molecule has 0 aromatic heterocycles. The Balaban J connectivity index is 2.05. The van der Waals surface area contributed by atoms with Crippen molar-refractivity contribution >= 4 is 21.4 Å². The summed E-state index contributed by atoms with van der Waals surface area (Å²) < 4.78 is 22.9. The highest BCUT2D eigenvalue weighted by molar-refractivity contribution is 7.91. The van der Waals surface area contributed by atoms with Crippen molar-refractivity contribution in [3.05, 3.63) is 29.8 Å². The van der Waals surface area contributed by atoms with Crippen molar-refractivity contribution < 1.29 is 13.2 Å². The second-order valence-corrected chi connectivity index (χ2v) is 7.91. The van der Waals surface area contributed by atoms with E-state index in [0.29, 0.717) is 19.4 Å². The first kappa shape index (κ1) is 15.8. The zero-order chi connectivity index (χ0) is 15.5.